The second-order valence-corrected chi connectivity index (χ2v) is 3.88. The van der Waals surface area contributed by atoms with Crippen LogP contribution in [0.3, 0.4) is 0 Å². The Hall–Kier alpha value is -2.10. The lowest BCUT2D eigenvalue weighted by molar-refractivity contribution is 0.414. The van der Waals surface area contributed by atoms with Gasteiger partial charge in [0, 0.05) is 12.1 Å². The van der Waals surface area contributed by atoms with E-state index in [9.17, 15) is 0 Å². The van der Waals surface area contributed by atoms with Crippen LogP contribution in [-0.4, -0.2) is 17.1 Å². The van der Waals surface area contributed by atoms with E-state index >= 15 is 0 Å². The van der Waals surface area contributed by atoms with E-state index in [0.717, 1.165) is 23.6 Å². The largest absolute Gasteiger partial charge is 0.497 e. The highest BCUT2D eigenvalue weighted by molar-refractivity contribution is 5.31. The number of ether oxygens (including phenoxy) is 1. The minimum Gasteiger partial charge on any atom is -0.497 e. The van der Waals surface area contributed by atoms with Gasteiger partial charge in [-0.3, -0.25) is 0 Å². The molecule has 1 heterocycles. The van der Waals surface area contributed by atoms with Crippen molar-refractivity contribution in [2.45, 2.75) is 13.3 Å². The van der Waals surface area contributed by atoms with E-state index in [0.29, 0.717) is 5.95 Å². The fraction of sp³-hybridized carbons (Fsp3) is 0.231. The smallest absolute Gasteiger partial charge is 0.220 e. The second kappa shape index (κ2) is 4.82. The zero-order valence-corrected chi connectivity index (χ0v) is 9.97. The molecule has 0 bridgehead atoms. The van der Waals surface area contributed by atoms with Crippen LogP contribution in [0.15, 0.2) is 30.3 Å². The van der Waals surface area contributed by atoms with Crippen LogP contribution in [0.2, 0.25) is 0 Å². The Morgan fingerprint density at radius 3 is 2.47 bits per heavy atom. The van der Waals surface area contributed by atoms with Gasteiger partial charge in [0.25, 0.3) is 0 Å². The molecular formula is C13H15N3O. The molecule has 0 aliphatic rings. The predicted molar refractivity (Wildman–Crippen MR) is 67.0 cm³/mol. The lowest BCUT2D eigenvalue weighted by Crippen LogP contribution is -2.01. The van der Waals surface area contributed by atoms with Crippen LogP contribution < -0.4 is 10.5 Å². The van der Waals surface area contributed by atoms with Crippen molar-refractivity contribution in [3.63, 3.8) is 0 Å². The molecule has 0 radical (unpaired) electrons. The third-order valence-corrected chi connectivity index (χ3v) is 2.47. The van der Waals surface area contributed by atoms with Crippen molar-refractivity contribution >= 4 is 5.95 Å². The Labute approximate surface area is 100 Å². The maximum Gasteiger partial charge on any atom is 0.220 e. The average molecular weight is 229 g/mol. The highest BCUT2D eigenvalue weighted by atomic mass is 16.5. The molecule has 4 heteroatoms. The quantitative estimate of drug-likeness (QED) is 0.874. The Kier molecular flexibility index (Phi) is 3.23. The maximum atomic E-state index is 5.62. The molecule has 2 N–H and O–H groups in total. The molecule has 0 spiro atoms. The van der Waals surface area contributed by atoms with Gasteiger partial charge in [0.05, 0.1) is 12.8 Å². The SMILES string of the molecule is COc1ccc(Cc2cc(C)nc(N)n2)cc1. The molecule has 0 amide bonds. The van der Waals surface area contributed by atoms with Crippen LogP contribution in [0.25, 0.3) is 0 Å². The predicted octanol–water partition coefficient (Wildman–Crippen LogP) is 1.97. The van der Waals surface area contributed by atoms with Gasteiger partial charge in [0.1, 0.15) is 5.75 Å². The second-order valence-electron chi connectivity index (χ2n) is 3.88. The molecule has 17 heavy (non-hydrogen) atoms. The fourth-order valence-corrected chi connectivity index (χ4v) is 1.70. The molecule has 1 aromatic carbocycles. The molecule has 0 aliphatic heterocycles. The van der Waals surface area contributed by atoms with E-state index in [1.54, 1.807) is 7.11 Å². The number of benzene rings is 1. The van der Waals surface area contributed by atoms with Gasteiger partial charge in [-0.05, 0) is 30.7 Å². The minimum absolute atomic E-state index is 0.327. The first-order chi connectivity index (χ1) is 8.17. The Morgan fingerprint density at radius 2 is 1.88 bits per heavy atom. The molecule has 88 valence electrons. The summed E-state index contributed by atoms with van der Waals surface area (Å²) < 4.78 is 5.11. The number of anilines is 1. The summed E-state index contributed by atoms with van der Waals surface area (Å²) in [6, 6.07) is 9.86. The Balaban J connectivity index is 2.19. The van der Waals surface area contributed by atoms with E-state index in [1.165, 1.54) is 5.56 Å². The minimum atomic E-state index is 0.327. The third-order valence-electron chi connectivity index (χ3n) is 2.47. The number of aromatic nitrogens is 2. The van der Waals surface area contributed by atoms with Gasteiger partial charge >= 0.3 is 0 Å². The van der Waals surface area contributed by atoms with Crippen molar-refractivity contribution < 1.29 is 4.74 Å². The molecule has 1 aromatic heterocycles. The Bertz CT molecular complexity index is 488. The summed E-state index contributed by atoms with van der Waals surface area (Å²) in [6.07, 6.45) is 0.748. The molecule has 0 fully saturated rings. The zero-order chi connectivity index (χ0) is 12.3. The maximum absolute atomic E-state index is 5.62. The lowest BCUT2D eigenvalue weighted by Gasteiger charge is -2.04. The van der Waals surface area contributed by atoms with Crippen molar-refractivity contribution in [2.75, 3.05) is 12.8 Å². The number of methoxy groups -OCH3 is 1. The number of nitrogens with zero attached hydrogens (tertiary/aromatic N) is 2. The summed E-state index contributed by atoms with van der Waals surface area (Å²) in [5, 5.41) is 0. The van der Waals surface area contributed by atoms with E-state index in [4.69, 9.17) is 10.5 Å². The van der Waals surface area contributed by atoms with Crippen molar-refractivity contribution in [1.82, 2.24) is 9.97 Å². The average Bonchev–Trinajstić information content (AvgIpc) is 2.28. The summed E-state index contributed by atoms with van der Waals surface area (Å²) in [7, 11) is 1.66. The molecular weight excluding hydrogens is 214 g/mol. The normalized spacial score (nSPS) is 10.2. The van der Waals surface area contributed by atoms with Crippen LogP contribution in [0.5, 0.6) is 5.75 Å². The molecule has 0 aliphatic carbocycles. The number of hydrogen-bond donors (Lipinski definition) is 1. The number of aryl methyl sites for hydroxylation is 1. The number of hydrogen-bond acceptors (Lipinski definition) is 4. The summed E-state index contributed by atoms with van der Waals surface area (Å²) >= 11 is 0. The van der Waals surface area contributed by atoms with Crippen LogP contribution in [0.1, 0.15) is 17.0 Å². The van der Waals surface area contributed by atoms with Gasteiger partial charge in [0.2, 0.25) is 5.95 Å². The van der Waals surface area contributed by atoms with Gasteiger partial charge in [-0.15, -0.1) is 0 Å². The van der Waals surface area contributed by atoms with E-state index in [-0.39, 0.29) is 0 Å². The first-order valence-electron chi connectivity index (χ1n) is 5.40. The molecule has 0 saturated carbocycles. The monoisotopic (exact) mass is 229 g/mol. The van der Waals surface area contributed by atoms with Crippen LogP contribution in [0, 0.1) is 6.92 Å². The summed E-state index contributed by atoms with van der Waals surface area (Å²) in [5.74, 6) is 1.18. The summed E-state index contributed by atoms with van der Waals surface area (Å²) in [6.45, 7) is 1.91. The standard InChI is InChI=1S/C13H15N3O/c1-9-7-11(16-13(14)15-9)8-10-3-5-12(17-2)6-4-10/h3-7H,8H2,1-2H3,(H2,14,15,16). The van der Waals surface area contributed by atoms with Gasteiger partial charge in [-0.2, -0.15) is 0 Å². The third kappa shape index (κ3) is 2.93. The Morgan fingerprint density at radius 1 is 1.18 bits per heavy atom. The van der Waals surface area contributed by atoms with Gasteiger partial charge in [0.15, 0.2) is 0 Å². The molecule has 0 atom stereocenters. The highest BCUT2D eigenvalue weighted by Crippen LogP contribution is 2.14. The first-order valence-corrected chi connectivity index (χ1v) is 5.40. The topological polar surface area (TPSA) is 61.0 Å². The lowest BCUT2D eigenvalue weighted by atomic mass is 10.1. The number of nitrogens with two attached hydrogens (primary N) is 1. The molecule has 4 nitrogen and oxygen atoms in total. The van der Waals surface area contributed by atoms with Crippen LogP contribution in [0.4, 0.5) is 5.95 Å². The van der Waals surface area contributed by atoms with Crippen LogP contribution in [-0.2, 0) is 6.42 Å². The molecule has 2 aromatic rings. The van der Waals surface area contributed by atoms with Crippen molar-refractivity contribution in [2.24, 2.45) is 0 Å². The van der Waals surface area contributed by atoms with E-state index in [2.05, 4.69) is 9.97 Å². The van der Waals surface area contributed by atoms with Gasteiger partial charge < -0.3 is 10.5 Å². The fourth-order valence-electron chi connectivity index (χ4n) is 1.70. The van der Waals surface area contributed by atoms with Crippen LogP contribution >= 0.6 is 0 Å². The van der Waals surface area contributed by atoms with Crippen molar-refractivity contribution in [3.8, 4) is 5.75 Å². The molecule has 2 rings (SSSR count). The molecule has 0 unspecified atom stereocenters. The van der Waals surface area contributed by atoms with E-state index < -0.39 is 0 Å². The van der Waals surface area contributed by atoms with Crippen molar-refractivity contribution in [3.05, 3.63) is 47.3 Å². The van der Waals surface area contributed by atoms with Crippen molar-refractivity contribution in [1.29, 1.82) is 0 Å². The molecule has 0 saturated heterocycles. The van der Waals surface area contributed by atoms with Gasteiger partial charge in [-0.25, -0.2) is 9.97 Å². The number of nitrogen functional groups attached to an aromatic ring is 1. The van der Waals surface area contributed by atoms with Gasteiger partial charge in [-0.1, -0.05) is 12.1 Å². The highest BCUT2D eigenvalue weighted by Gasteiger charge is 2.01. The summed E-state index contributed by atoms with van der Waals surface area (Å²) in [5.41, 5.74) is 8.61. The number of rotatable bonds is 3. The zero-order valence-electron chi connectivity index (χ0n) is 9.97. The first kappa shape index (κ1) is 11.4. The summed E-state index contributed by atoms with van der Waals surface area (Å²) in [4.78, 5) is 8.26. The van der Waals surface area contributed by atoms with E-state index in [1.807, 2.05) is 37.3 Å².